The SMILES string of the molecule is N#Cc1c(NC(=O)CN2CCN(c3ccccc3Cl)CC2)sc2c1CCC2. The van der Waals surface area contributed by atoms with Crippen LogP contribution >= 0.6 is 22.9 Å². The largest absolute Gasteiger partial charge is 0.368 e. The van der Waals surface area contributed by atoms with Gasteiger partial charge in [-0.3, -0.25) is 9.69 Å². The molecule has 1 aliphatic carbocycles. The van der Waals surface area contributed by atoms with E-state index >= 15 is 0 Å². The molecule has 27 heavy (non-hydrogen) atoms. The van der Waals surface area contributed by atoms with Crippen molar-refractivity contribution in [2.24, 2.45) is 0 Å². The average Bonchev–Trinajstić information content (AvgIpc) is 3.23. The molecule has 1 fully saturated rings. The smallest absolute Gasteiger partial charge is 0.239 e. The number of fused-ring (bicyclic) bond motifs is 1. The molecule has 0 spiro atoms. The summed E-state index contributed by atoms with van der Waals surface area (Å²) in [6, 6.07) is 10.1. The summed E-state index contributed by atoms with van der Waals surface area (Å²) >= 11 is 7.85. The van der Waals surface area contributed by atoms with Gasteiger partial charge in [-0.2, -0.15) is 5.26 Å². The predicted octanol–water partition coefficient (Wildman–Crippen LogP) is 3.52. The number of rotatable bonds is 4. The lowest BCUT2D eigenvalue weighted by molar-refractivity contribution is -0.117. The number of piperazine rings is 1. The van der Waals surface area contributed by atoms with Crippen molar-refractivity contribution < 1.29 is 4.79 Å². The number of nitrogens with one attached hydrogen (secondary N) is 1. The van der Waals surface area contributed by atoms with E-state index in [1.54, 1.807) is 11.3 Å². The number of carbonyl (C=O) groups excluding carboxylic acids is 1. The summed E-state index contributed by atoms with van der Waals surface area (Å²) in [5.74, 6) is -0.0439. The highest BCUT2D eigenvalue weighted by Crippen LogP contribution is 2.38. The molecule has 1 amide bonds. The van der Waals surface area contributed by atoms with Crippen molar-refractivity contribution in [2.45, 2.75) is 19.3 Å². The quantitative estimate of drug-likeness (QED) is 0.853. The third-order valence-electron chi connectivity index (χ3n) is 5.22. The maximum absolute atomic E-state index is 12.5. The van der Waals surface area contributed by atoms with E-state index < -0.39 is 0 Å². The second-order valence-electron chi connectivity index (χ2n) is 6.94. The molecule has 1 N–H and O–H groups in total. The molecule has 0 atom stereocenters. The van der Waals surface area contributed by atoms with Crippen LogP contribution in [-0.2, 0) is 17.6 Å². The third kappa shape index (κ3) is 3.81. The fourth-order valence-corrected chi connectivity index (χ4v) is 5.35. The predicted molar refractivity (Wildman–Crippen MR) is 110 cm³/mol. The Morgan fingerprint density at radius 2 is 2.00 bits per heavy atom. The Morgan fingerprint density at radius 3 is 2.74 bits per heavy atom. The summed E-state index contributed by atoms with van der Waals surface area (Å²) in [7, 11) is 0. The molecule has 2 aromatic rings. The molecule has 140 valence electrons. The van der Waals surface area contributed by atoms with Crippen LogP contribution in [0.15, 0.2) is 24.3 Å². The van der Waals surface area contributed by atoms with Gasteiger partial charge in [-0.25, -0.2) is 0 Å². The first-order valence-electron chi connectivity index (χ1n) is 9.22. The number of hydrogen-bond donors (Lipinski definition) is 1. The molecule has 2 aliphatic rings. The fourth-order valence-electron chi connectivity index (χ4n) is 3.83. The van der Waals surface area contributed by atoms with E-state index in [1.807, 2.05) is 24.3 Å². The standard InChI is InChI=1S/C20H21ClN4OS/c21-16-5-1-2-6-17(16)25-10-8-24(9-11-25)13-19(26)23-20-15(12-22)14-4-3-7-18(14)27-20/h1-2,5-6H,3-4,7-11,13H2,(H,23,26). The normalized spacial score (nSPS) is 16.8. The molecule has 0 bridgehead atoms. The van der Waals surface area contributed by atoms with E-state index in [0.29, 0.717) is 12.1 Å². The van der Waals surface area contributed by atoms with Gasteiger partial charge in [0.1, 0.15) is 11.1 Å². The zero-order valence-corrected chi connectivity index (χ0v) is 16.6. The topological polar surface area (TPSA) is 59.4 Å². The van der Waals surface area contributed by atoms with Crippen molar-refractivity contribution in [1.29, 1.82) is 5.26 Å². The van der Waals surface area contributed by atoms with Gasteiger partial charge < -0.3 is 10.2 Å². The van der Waals surface area contributed by atoms with E-state index in [4.69, 9.17) is 11.6 Å². The zero-order valence-electron chi connectivity index (χ0n) is 15.0. The number of hydrogen-bond acceptors (Lipinski definition) is 5. The van der Waals surface area contributed by atoms with Gasteiger partial charge in [0, 0.05) is 31.1 Å². The second-order valence-corrected chi connectivity index (χ2v) is 8.45. The summed E-state index contributed by atoms with van der Waals surface area (Å²) < 4.78 is 0. The first-order chi connectivity index (χ1) is 13.2. The number of halogens is 1. The van der Waals surface area contributed by atoms with Gasteiger partial charge in [0.05, 0.1) is 22.8 Å². The van der Waals surface area contributed by atoms with Crippen LogP contribution in [0.1, 0.15) is 22.4 Å². The van der Waals surface area contributed by atoms with Gasteiger partial charge in [-0.15, -0.1) is 11.3 Å². The molecule has 1 aromatic carbocycles. The van der Waals surface area contributed by atoms with Crippen LogP contribution in [0.3, 0.4) is 0 Å². The Kier molecular flexibility index (Phi) is 5.35. The lowest BCUT2D eigenvalue weighted by Gasteiger charge is -2.36. The van der Waals surface area contributed by atoms with Gasteiger partial charge in [0.25, 0.3) is 0 Å². The van der Waals surface area contributed by atoms with Crippen molar-refractivity contribution >= 4 is 39.5 Å². The number of thiophene rings is 1. The lowest BCUT2D eigenvalue weighted by atomic mass is 10.1. The number of carbonyl (C=O) groups is 1. The molecule has 0 radical (unpaired) electrons. The molecule has 2 heterocycles. The van der Waals surface area contributed by atoms with Crippen molar-refractivity contribution in [3.63, 3.8) is 0 Å². The number of amides is 1. The minimum atomic E-state index is -0.0439. The van der Waals surface area contributed by atoms with Crippen LogP contribution in [0.25, 0.3) is 0 Å². The van der Waals surface area contributed by atoms with E-state index in [0.717, 1.165) is 66.7 Å². The zero-order chi connectivity index (χ0) is 18.8. The highest BCUT2D eigenvalue weighted by molar-refractivity contribution is 7.16. The van der Waals surface area contributed by atoms with E-state index in [2.05, 4.69) is 21.2 Å². The van der Waals surface area contributed by atoms with E-state index in [9.17, 15) is 10.1 Å². The van der Waals surface area contributed by atoms with Gasteiger partial charge in [0.2, 0.25) is 5.91 Å². The van der Waals surface area contributed by atoms with Crippen molar-refractivity contribution in [2.75, 3.05) is 42.9 Å². The first kappa shape index (κ1) is 18.3. The highest BCUT2D eigenvalue weighted by Gasteiger charge is 2.24. The Balaban J connectivity index is 1.33. The van der Waals surface area contributed by atoms with Crippen LogP contribution in [0.4, 0.5) is 10.7 Å². The third-order valence-corrected chi connectivity index (χ3v) is 6.75. The number of para-hydroxylation sites is 1. The Bertz CT molecular complexity index is 896. The number of nitriles is 1. The van der Waals surface area contributed by atoms with Crippen LogP contribution in [0.5, 0.6) is 0 Å². The number of nitrogens with zero attached hydrogens (tertiary/aromatic N) is 3. The monoisotopic (exact) mass is 400 g/mol. The van der Waals surface area contributed by atoms with Crippen molar-refractivity contribution in [1.82, 2.24) is 4.90 Å². The minimum Gasteiger partial charge on any atom is -0.368 e. The Labute approximate surface area is 168 Å². The number of anilines is 2. The van der Waals surface area contributed by atoms with Crippen LogP contribution in [0, 0.1) is 11.3 Å². The fraction of sp³-hybridized carbons (Fsp3) is 0.400. The molecular formula is C20H21ClN4OS. The maximum Gasteiger partial charge on any atom is 0.239 e. The Morgan fingerprint density at radius 1 is 1.22 bits per heavy atom. The summed E-state index contributed by atoms with van der Waals surface area (Å²) in [5, 5.41) is 13.9. The maximum atomic E-state index is 12.5. The molecule has 1 saturated heterocycles. The van der Waals surface area contributed by atoms with Gasteiger partial charge in [0.15, 0.2) is 0 Å². The summed E-state index contributed by atoms with van der Waals surface area (Å²) in [6.07, 6.45) is 3.09. The molecular weight excluding hydrogens is 380 g/mol. The van der Waals surface area contributed by atoms with Gasteiger partial charge >= 0.3 is 0 Å². The van der Waals surface area contributed by atoms with Crippen molar-refractivity contribution in [3.05, 3.63) is 45.3 Å². The van der Waals surface area contributed by atoms with Crippen molar-refractivity contribution in [3.8, 4) is 6.07 Å². The van der Waals surface area contributed by atoms with E-state index in [-0.39, 0.29) is 5.91 Å². The molecule has 1 aromatic heterocycles. The second kappa shape index (κ2) is 7.89. The van der Waals surface area contributed by atoms with Crippen LogP contribution < -0.4 is 10.2 Å². The lowest BCUT2D eigenvalue weighted by Crippen LogP contribution is -2.48. The van der Waals surface area contributed by atoms with Crippen LogP contribution in [-0.4, -0.2) is 43.5 Å². The molecule has 0 saturated carbocycles. The first-order valence-corrected chi connectivity index (χ1v) is 10.4. The molecule has 1 aliphatic heterocycles. The summed E-state index contributed by atoms with van der Waals surface area (Å²) in [5.41, 5.74) is 2.87. The molecule has 5 nitrogen and oxygen atoms in total. The number of benzene rings is 1. The molecule has 0 unspecified atom stereocenters. The molecule has 4 rings (SSSR count). The number of aryl methyl sites for hydroxylation is 1. The Hall–Kier alpha value is -2.07. The summed E-state index contributed by atoms with van der Waals surface area (Å²) in [6.45, 7) is 3.65. The van der Waals surface area contributed by atoms with Gasteiger partial charge in [-0.05, 0) is 37.0 Å². The summed E-state index contributed by atoms with van der Waals surface area (Å²) in [4.78, 5) is 18.2. The van der Waals surface area contributed by atoms with Gasteiger partial charge in [-0.1, -0.05) is 23.7 Å². The van der Waals surface area contributed by atoms with E-state index in [1.165, 1.54) is 4.88 Å². The molecule has 7 heteroatoms. The highest BCUT2D eigenvalue weighted by atomic mass is 35.5. The van der Waals surface area contributed by atoms with Crippen LogP contribution in [0.2, 0.25) is 5.02 Å². The minimum absolute atomic E-state index is 0.0439. The average molecular weight is 401 g/mol.